The van der Waals surface area contributed by atoms with Crippen LogP contribution in [0.2, 0.25) is 0 Å². The van der Waals surface area contributed by atoms with Crippen molar-refractivity contribution in [3.63, 3.8) is 0 Å². The number of rotatable bonds is 2. The lowest BCUT2D eigenvalue weighted by Crippen LogP contribution is -2.53. The topological polar surface area (TPSA) is 37.3 Å². The molecule has 0 radical (unpaired) electrons. The van der Waals surface area contributed by atoms with Gasteiger partial charge in [-0.05, 0) is 93.3 Å². The normalized spacial score (nSPS) is 52.0. The van der Waals surface area contributed by atoms with E-state index in [0.29, 0.717) is 17.1 Å². The second-order valence-corrected chi connectivity index (χ2v) is 10.1. The number of hydrogen-bond donors (Lipinski definition) is 1. The minimum Gasteiger partial charge on any atom is -0.393 e. The van der Waals surface area contributed by atoms with Crippen LogP contribution in [0.3, 0.4) is 0 Å². The number of fused-ring (bicyclic) bond motifs is 5. The number of ketones is 1. The number of hydrogen-bond acceptors (Lipinski definition) is 2. The van der Waals surface area contributed by atoms with Gasteiger partial charge >= 0.3 is 0 Å². The Morgan fingerprint density at radius 2 is 1.88 bits per heavy atom. The fourth-order valence-electron chi connectivity index (χ4n) is 8.18. The molecule has 0 amide bonds. The molecule has 3 saturated carbocycles. The molecule has 25 heavy (non-hydrogen) atoms. The largest absolute Gasteiger partial charge is 0.393 e. The van der Waals surface area contributed by atoms with Crippen LogP contribution >= 0.6 is 0 Å². The van der Waals surface area contributed by atoms with Gasteiger partial charge in [-0.2, -0.15) is 0 Å². The van der Waals surface area contributed by atoms with E-state index in [-0.39, 0.29) is 16.9 Å². The number of carbonyl (C=O) groups is 1. The molecule has 7 atom stereocenters. The van der Waals surface area contributed by atoms with E-state index in [1.54, 1.807) is 5.57 Å². The monoisotopic (exact) mass is 344 g/mol. The third-order valence-corrected chi connectivity index (χ3v) is 9.72. The maximum absolute atomic E-state index is 12.7. The van der Waals surface area contributed by atoms with Crippen molar-refractivity contribution in [3.05, 3.63) is 11.6 Å². The average Bonchev–Trinajstić information content (AvgIpc) is 2.89. The van der Waals surface area contributed by atoms with Gasteiger partial charge in [-0.15, -0.1) is 0 Å². The van der Waals surface area contributed by atoms with Crippen LogP contribution in [0.5, 0.6) is 0 Å². The standard InChI is InChI=1S/C23H36O2/c1-5-23(15(2)24)13-10-20-18-7-6-16-14-17(25)8-11-21(16,3)19(18)9-12-22(20,23)4/h6,17-20,25H,5,7-14H2,1-4H3/t17?,18?,19?,20?,21?,22-,23-/m0/s1. The zero-order valence-corrected chi connectivity index (χ0v) is 16.6. The van der Waals surface area contributed by atoms with E-state index in [4.69, 9.17) is 0 Å². The van der Waals surface area contributed by atoms with Gasteiger partial charge in [0.05, 0.1) is 6.10 Å². The molecule has 0 aromatic heterocycles. The molecule has 5 unspecified atom stereocenters. The molecule has 0 spiro atoms. The first-order valence-electron chi connectivity index (χ1n) is 10.7. The zero-order valence-electron chi connectivity index (χ0n) is 16.6. The second kappa shape index (κ2) is 5.68. The molecule has 0 aromatic carbocycles. The fourth-order valence-corrected chi connectivity index (χ4v) is 8.18. The summed E-state index contributed by atoms with van der Waals surface area (Å²) in [5, 5.41) is 10.1. The molecule has 0 bridgehead atoms. The summed E-state index contributed by atoms with van der Waals surface area (Å²) in [7, 11) is 0. The third kappa shape index (κ3) is 2.16. The van der Waals surface area contributed by atoms with E-state index >= 15 is 0 Å². The van der Waals surface area contributed by atoms with Crippen LogP contribution in [0.25, 0.3) is 0 Å². The van der Waals surface area contributed by atoms with Gasteiger partial charge in [-0.1, -0.05) is 32.4 Å². The summed E-state index contributed by atoms with van der Waals surface area (Å²) in [5.74, 6) is 2.65. The Balaban J connectivity index is 1.70. The molecule has 2 heteroatoms. The highest BCUT2D eigenvalue weighted by molar-refractivity contribution is 5.83. The highest BCUT2D eigenvalue weighted by Crippen LogP contribution is 2.70. The van der Waals surface area contributed by atoms with E-state index in [1.807, 2.05) is 6.92 Å². The van der Waals surface area contributed by atoms with Gasteiger partial charge in [0, 0.05) is 5.41 Å². The van der Waals surface area contributed by atoms with Crippen LogP contribution in [0.1, 0.15) is 85.5 Å². The predicted molar refractivity (Wildman–Crippen MR) is 101 cm³/mol. The first-order valence-corrected chi connectivity index (χ1v) is 10.7. The van der Waals surface area contributed by atoms with Gasteiger partial charge < -0.3 is 5.11 Å². The summed E-state index contributed by atoms with van der Waals surface area (Å²) < 4.78 is 0. The minimum atomic E-state index is -0.123. The van der Waals surface area contributed by atoms with E-state index in [9.17, 15) is 9.90 Å². The Morgan fingerprint density at radius 3 is 2.56 bits per heavy atom. The molecule has 0 saturated heterocycles. The smallest absolute Gasteiger partial charge is 0.136 e. The van der Waals surface area contributed by atoms with Crippen LogP contribution in [-0.2, 0) is 4.79 Å². The van der Waals surface area contributed by atoms with E-state index in [0.717, 1.165) is 43.9 Å². The van der Waals surface area contributed by atoms with Crippen molar-refractivity contribution in [2.24, 2.45) is 34.0 Å². The third-order valence-electron chi connectivity index (χ3n) is 9.72. The summed E-state index contributed by atoms with van der Waals surface area (Å²) in [6.45, 7) is 9.03. The quantitative estimate of drug-likeness (QED) is 0.691. The Labute approximate surface area is 153 Å². The lowest BCUT2D eigenvalue weighted by Gasteiger charge is -2.59. The van der Waals surface area contributed by atoms with Crippen LogP contribution in [-0.4, -0.2) is 17.0 Å². The molecule has 0 heterocycles. The maximum Gasteiger partial charge on any atom is 0.136 e. The number of allylic oxidation sites excluding steroid dienone is 1. The van der Waals surface area contributed by atoms with Gasteiger partial charge in [0.15, 0.2) is 0 Å². The molecule has 140 valence electrons. The average molecular weight is 345 g/mol. The first-order chi connectivity index (χ1) is 11.8. The number of Topliss-reactive ketones (excluding diaryl/α,β-unsaturated/α-hetero) is 1. The van der Waals surface area contributed by atoms with Crippen LogP contribution < -0.4 is 0 Å². The van der Waals surface area contributed by atoms with E-state index < -0.39 is 0 Å². The van der Waals surface area contributed by atoms with Gasteiger partial charge in [-0.3, -0.25) is 4.79 Å². The van der Waals surface area contributed by atoms with E-state index in [1.165, 1.54) is 25.7 Å². The van der Waals surface area contributed by atoms with Crippen molar-refractivity contribution >= 4 is 5.78 Å². The number of aliphatic hydroxyl groups is 1. The highest BCUT2D eigenvalue weighted by Gasteiger charge is 2.64. The number of carbonyl (C=O) groups excluding carboxylic acids is 1. The van der Waals surface area contributed by atoms with Crippen LogP contribution in [0.15, 0.2) is 11.6 Å². The first kappa shape index (κ1) is 17.8. The molecule has 0 aromatic rings. The van der Waals surface area contributed by atoms with Crippen LogP contribution in [0.4, 0.5) is 0 Å². The maximum atomic E-state index is 12.7. The predicted octanol–water partition coefficient (Wildman–Crippen LogP) is 5.30. The van der Waals surface area contributed by atoms with Crippen LogP contribution in [0, 0.1) is 34.0 Å². The van der Waals surface area contributed by atoms with Crippen molar-refractivity contribution in [2.75, 3.05) is 0 Å². The Hall–Kier alpha value is -0.630. The molecule has 4 rings (SSSR count). The van der Waals surface area contributed by atoms with Crippen molar-refractivity contribution < 1.29 is 9.90 Å². The van der Waals surface area contributed by atoms with Gasteiger partial charge in [0.1, 0.15) is 5.78 Å². The molecule has 3 fully saturated rings. The van der Waals surface area contributed by atoms with E-state index in [2.05, 4.69) is 26.8 Å². The molecule has 0 aliphatic heterocycles. The van der Waals surface area contributed by atoms with Gasteiger partial charge in [-0.25, -0.2) is 0 Å². The summed E-state index contributed by atoms with van der Waals surface area (Å²) in [4.78, 5) is 12.7. The highest BCUT2D eigenvalue weighted by atomic mass is 16.3. The fraction of sp³-hybridized carbons (Fsp3) is 0.870. The Bertz CT molecular complexity index is 607. The second-order valence-electron chi connectivity index (χ2n) is 10.1. The summed E-state index contributed by atoms with van der Waals surface area (Å²) >= 11 is 0. The molecular weight excluding hydrogens is 308 g/mol. The Morgan fingerprint density at radius 1 is 1.16 bits per heavy atom. The summed E-state index contributed by atoms with van der Waals surface area (Å²) in [6.07, 6.45) is 12.4. The van der Waals surface area contributed by atoms with Crippen molar-refractivity contribution in [1.82, 2.24) is 0 Å². The molecule has 4 aliphatic rings. The molecule has 1 N–H and O–H groups in total. The lowest BCUT2D eigenvalue weighted by molar-refractivity contribution is -0.140. The van der Waals surface area contributed by atoms with Crippen molar-refractivity contribution in [1.29, 1.82) is 0 Å². The minimum absolute atomic E-state index is 0.0731. The summed E-state index contributed by atoms with van der Waals surface area (Å²) in [5.41, 5.74) is 1.97. The molecule has 4 aliphatic carbocycles. The molecule has 2 nitrogen and oxygen atoms in total. The lowest BCUT2D eigenvalue weighted by atomic mass is 9.45. The number of aliphatic hydroxyl groups excluding tert-OH is 1. The van der Waals surface area contributed by atoms with Crippen molar-refractivity contribution in [3.8, 4) is 0 Å². The zero-order chi connectivity index (χ0) is 18.0. The van der Waals surface area contributed by atoms with Crippen molar-refractivity contribution in [2.45, 2.75) is 91.6 Å². The molecular formula is C23H36O2. The SMILES string of the molecule is CC[C@@]1(C(C)=O)CCC2C3CC=C4CC(O)CCC4(C)C3CC[C@@]21C. The van der Waals surface area contributed by atoms with Gasteiger partial charge in [0.25, 0.3) is 0 Å². The summed E-state index contributed by atoms with van der Waals surface area (Å²) in [6, 6.07) is 0. The van der Waals surface area contributed by atoms with Gasteiger partial charge in [0.2, 0.25) is 0 Å². The Kier molecular flexibility index (Phi) is 4.04.